The van der Waals surface area contributed by atoms with Crippen molar-refractivity contribution in [3.63, 3.8) is 0 Å². The Balaban J connectivity index is 1.74. The molecule has 1 aliphatic rings. The first-order valence-corrected chi connectivity index (χ1v) is 8.22. The lowest BCUT2D eigenvalue weighted by Crippen LogP contribution is -2.24. The zero-order valence-corrected chi connectivity index (χ0v) is 14.1. The fourth-order valence-corrected chi connectivity index (χ4v) is 3.41. The SMILES string of the molecule is Cc1nc(C2CCCN2c2ccn3ncc(Br)c3n2)[nH]c1C. The van der Waals surface area contributed by atoms with Gasteiger partial charge in [-0.2, -0.15) is 5.10 Å². The lowest BCUT2D eigenvalue weighted by molar-refractivity contribution is 0.667. The molecule has 0 amide bonds. The van der Waals surface area contributed by atoms with Crippen LogP contribution in [0.5, 0.6) is 0 Å². The van der Waals surface area contributed by atoms with Crippen molar-refractivity contribution < 1.29 is 0 Å². The number of aryl methyl sites for hydroxylation is 2. The number of nitrogens with one attached hydrogen (secondary N) is 1. The van der Waals surface area contributed by atoms with Crippen LogP contribution in [0.4, 0.5) is 5.82 Å². The van der Waals surface area contributed by atoms with Gasteiger partial charge in [0.05, 0.1) is 22.4 Å². The van der Waals surface area contributed by atoms with E-state index in [9.17, 15) is 0 Å². The van der Waals surface area contributed by atoms with E-state index >= 15 is 0 Å². The number of hydrogen-bond donors (Lipinski definition) is 1. The molecule has 1 N–H and O–H groups in total. The molecule has 6 nitrogen and oxygen atoms in total. The first-order valence-electron chi connectivity index (χ1n) is 7.43. The van der Waals surface area contributed by atoms with Gasteiger partial charge in [-0.3, -0.25) is 0 Å². The fourth-order valence-electron chi connectivity index (χ4n) is 3.05. The molecular formula is C15H17BrN6. The van der Waals surface area contributed by atoms with Gasteiger partial charge in [0, 0.05) is 18.4 Å². The van der Waals surface area contributed by atoms with E-state index in [0.29, 0.717) is 0 Å². The molecule has 0 radical (unpaired) electrons. The molecule has 7 heteroatoms. The summed E-state index contributed by atoms with van der Waals surface area (Å²) in [5.41, 5.74) is 3.06. The molecule has 0 saturated carbocycles. The monoisotopic (exact) mass is 360 g/mol. The molecule has 0 aliphatic carbocycles. The summed E-state index contributed by atoms with van der Waals surface area (Å²) in [6.45, 7) is 5.11. The van der Waals surface area contributed by atoms with Crippen molar-refractivity contribution >= 4 is 27.4 Å². The predicted molar refractivity (Wildman–Crippen MR) is 88.1 cm³/mol. The van der Waals surface area contributed by atoms with Crippen molar-refractivity contribution in [2.24, 2.45) is 0 Å². The molecule has 0 aromatic carbocycles. The number of aromatic amines is 1. The largest absolute Gasteiger partial charge is 0.346 e. The molecule has 1 fully saturated rings. The maximum Gasteiger partial charge on any atom is 0.171 e. The van der Waals surface area contributed by atoms with Gasteiger partial charge in [-0.1, -0.05) is 0 Å². The Morgan fingerprint density at radius 1 is 1.32 bits per heavy atom. The van der Waals surface area contributed by atoms with Gasteiger partial charge < -0.3 is 9.88 Å². The normalized spacial score (nSPS) is 18.5. The van der Waals surface area contributed by atoms with Crippen LogP contribution in [0, 0.1) is 13.8 Å². The maximum atomic E-state index is 4.76. The van der Waals surface area contributed by atoms with E-state index in [1.807, 2.05) is 19.2 Å². The highest BCUT2D eigenvalue weighted by molar-refractivity contribution is 9.10. The summed E-state index contributed by atoms with van der Waals surface area (Å²) in [4.78, 5) is 15.2. The smallest absolute Gasteiger partial charge is 0.171 e. The number of anilines is 1. The summed E-state index contributed by atoms with van der Waals surface area (Å²) < 4.78 is 2.69. The Morgan fingerprint density at radius 3 is 2.95 bits per heavy atom. The van der Waals surface area contributed by atoms with Crippen molar-refractivity contribution in [1.82, 2.24) is 24.6 Å². The van der Waals surface area contributed by atoms with E-state index in [4.69, 9.17) is 4.98 Å². The van der Waals surface area contributed by atoms with Gasteiger partial charge in [0.25, 0.3) is 0 Å². The third-order valence-electron chi connectivity index (χ3n) is 4.32. The van der Waals surface area contributed by atoms with Gasteiger partial charge in [0.1, 0.15) is 11.6 Å². The van der Waals surface area contributed by atoms with Gasteiger partial charge in [0.2, 0.25) is 0 Å². The zero-order valence-electron chi connectivity index (χ0n) is 12.5. The van der Waals surface area contributed by atoms with Crippen LogP contribution >= 0.6 is 15.9 Å². The molecular weight excluding hydrogens is 344 g/mol. The van der Waals surface area contributed by atoms with E-state index in [0.717, 1.165) is 52.5 Å². The molecule has 4 heterocycles. The third-order valence-corrected chi connectivity index (χ3v) is 4.88. The Bertz CT molecular complexity index is 816. The highest BCUT2D eigenvalue weighted by atomic mass is 79.9. The minimum atomic E-state index is 0.268. The number of fused-ring (bicyclic) bond motifs is 1. The molecule has 4 rings (SSSR count). The van der Waals surface area contributed by atoms with Crippen molar-refractivity contribution in [1.29, 1.82) is 0 Å². The first kappa shape index (κ1) is 13.8. The molecule has 3 aromatic rings. The van der Waals surface area contributed by atoms with Gasteiger partial charge in [-0.05, 0) is 48.7 Å². The molecule has 22 heavy (non-hydrogen) atoms. The Labute approximate surface area is 136 Å². The maximum absolute atomic E-state index is 4.76. The number of hydrogen-bond acceptors (Lipinski definition) is 4. The lowest BCUT2D eigenvalue weighted by Gasteiger charge is -2.24. The van der Waals surface area contributed by atoms with Crippen molar-refractivity contribution in [2.45, 2.75) is 32.7 Å². The van der Waals surface area contributed by atoms with E-state index in [-0.39, 0.29) is 6.04 Å². The molecule has 1 aliphatic heterocycles. The van der Waals surface area contributed by atoms with Crippen LogP contribution in [0.3, 0.4) is 0 Å². The summed E-state index contributed by atoms with van der Waals surface area (Å²) in [6.07, 6.45) is 5.97. The number of nitrogens with zero attached hydrogens (tertiary/aromatic N) is 5. The van der Waals surface area contributed by atoms with Crippen LogP contribution in [0.15, 0.2) is 22.9 Å². The highest BCUT2D eigenvalue weighted by Gasteiger charge is 2.30. The zero-order chi connectivity index (χ0) is 15.3. The van der Waals surface area contributed by atoms with Crippen LogP contribution in [0.1, 0.15) is 36.1 Å². The quantitative estimate of drug-likeness (QED) is 0.762. The molecule has 1 atom stereocenters. The van der Waals surface area contributed by atoms with Gasteiger partial charge in [0.15, 0.2) is 5.65 Å². The number of halogens is 1. The summed E-state index contributed by atoms with van der Waals surface area (Å²) >= 11 is 3.50. The molecule has 1 unspecified atom stereocenters. The van der Waals surface area contributed by atoms with E-state index in [2.05, 4.69) is 42.8 Å². The Kier molecular flexibility index (Phi) is 3.18. The van der Waals surface area contributed by atoms with Crippen LogP contribution in [-0.2, 0) is 0 Å². The Morgan fingerprint density at radius 2 is 2.18 bits per heavy atom. The number of H-pyrrole nitrogens is 1. The summed E-state index contributed by atoms with van der Waals surface area (Å²) in [5, 5.41) is 4.25. The van der Waals surface area contributed by atoms with E-state index in [1.54, 1.807) is 10.7 Å². The van der Waals surface area contributed by atoms with Gasteiger partial charge in [-0.15, -0.1) is 0 Å². The molecule has 0 spiro atoms. The summed E-state index contributed by atoms with van der Waals surface area (Å²) in [6, 6.07) is 2.29. The minimum absolute atomic E-state index is 0.268. The Hall–Kier alpha value is -1.89. The number of imidazole rings is 1. The van der Waals surface area contributed by atoms with Crippen LogP contribution in [-0.4, -0.2) is 31.1 Å². The second kappa shape index (κ2) is 5.08. The summed E-state index contributed by atoms with van der Waals surface area (Å²) in [5.74, 6) is 2.02. The van der Waals surface area contributed by atoms with Crippen molar-refractivity contribution in [3.8, 4) is 0 Å². The average molecular weight is 361 g/mol. The average Bonchev–Trinajstić information content (AvgIpc) is 3.20. The lowest BCUT2D eigenvalue weighted by atomic mass is 10.2. The van der Waals surface area contributed by atoms with Crippen LogP contribution in [0.25, 0.3) is 5.65 Å². The van der Waals surface area contributed by atoms with E-state index < -0.39 is 0 Å². The predicted octanol–water partition coefficient (Wildman–Crippen LogP) is 3.17. The standard InChI is InChI=1S/C15H17BrN6/c1-9-10(2)19-14(18-9)12-4-3-6-21(12)13-5-7-22-15(20-13)11(16)8-17-22/h5,7-8,12H,3-4,6H2,1-2H3,(H,18,19). The molecule has 3 aromatic heterocycles. The fraction of sp³-hybridized carbons (Fsp3) is 0.400. The van der Waals surface area contributed by atoms with E-state index in [1.165, 1.54) is 0 Å². The second-order valence-corrected chi connectivity index (χ2v) is 6.58. The minimum Gasteiger partial charge on any atom is -0.346 e. The topological polar surface area (TPSA) is 62.1 Å². The molecule has 114 valence electrons. The molecule has 0 bridgehead atoms. The highest BCUT2D eigenvalue weighted by Crippen LogP contribution is 2.34. The van der Waals surface area contributed by atoms with Crippen LogP contribution in [0.2, 0.25) is 0 Å². The summed E-state index contributed by atoms with van der Waals surface area (Å²) in [7, 11) is 0. The van der Waals surface area contributed by atoms with Crippen LogP contribution < -0.4 is 4.90 Å². The van der Waals surface area contributed by atoms with Gasteiger partial charge >= 0.3 is 0 Å². The third kappa shape index (κ3) is 2.11. The number of rotatable bonds is 2. The number of aromatic nitrogens is 5. The van der Waals surface area contributed by atoms with Gasteiger partial charge in [-0.25, -0.2) is 14.5 Å². The first-order chi connectivity index (χ1) is 10.6. The van der Waals surface area contributed by atoms with Crippen molar-refractivity contribution in [2.75, 3.05) is 11.4 Å². The van der Waals surface area contributed by atoms with Crippen molar-refractivity contribution in [3.05, 3.63) is 40.1 Å². The molecule has 1 saturated heterocycles. The second-order valence-electron chi connectivity index (χ2n) is 5.73.